The Hall–Kier alpha value is -2.64. The van der Waals surface area contributed by atoms with Crippen LogP contribution in [0.15, 0.2) is 28.9 Å². The van der Waals surface area contributed by atoms with E-state index in [9.17, 15) is 13.2 Å². The quantitative estimate of drug-likeness (QED) is 0.787. The number of fused-ring (bicyclic) bond motifs is 1. The molecule has 2 heterocycles. The van der Waals surface area contributed by atoms with E-state index in [0.717, 1.165) is 12.1 Å². The van der Waals surface area contributed by atoms with Crippen LogP contribution >= 0.6 is 0 Å². The molecule has 0 saturated carbocycles. The summed E-state index contributed by atoms with van der Waals surface area (Å²) >= 11 is 0. The van der Waals surface area contributed by atoms with Crippen molar-refractivity contribution in [2.45, 2.75) is 19.5 Å². The number of nitrogen functional groups attached to an aromatic ring is 1. The van der Waals surface area contributed by atoms with Crippen LogP contribution < -0.4 is 5.73 Å². The topological polar surface area (TPSA) is 77.8 Å². The van der Waals surface area contributed by atoms with Gasteiger partial charge >= 0.3 is 6.18 Å². The molecule has 0 aliphatic carbocycles. The molecular formula is C14H11F3N4O. The third-order valence-electron chi connectivity index (χ3n) is 3.40. The minimum Gasteiger partial charge on any atom is -0.396 e. The maximum atomic E-state index is 12.8. The van der Waals surface area contributed by atoms with Crippen LogP contribution in [-0.2, 0) is 12.6 Å². The van der Waals surface area contributed by atoms with Crippen LogP contribution in [0, 0.1) is 6.92 Å². The molecule has 0 atom stereocenters. The molecule has 0 unspecified atom stereocenters. The number of aromatic nitrogens is 3. The molecule has 22 heavy (non-hydrogen) atoms. The molecule has 0 spiro atoms. The minimum absolute atomic E-state index is 0.220. The second kappa shape index (κ2) is 4.97. The molecule has 0 radical (unpaired) electrons. The summed E-state index contributed by atoms with van der Waals surface area (Å²) in [4.78, 5) is 4.19. The Kier molecular flexibility index (Phi) is 3.23. The maximum Gasteiger partial charge on any atom is 0.416 e. The molecule has 5 nitrogen and oxygen atoms in total. The number of pyridine rings is 1. The lowest BCUT2D eigenvalue weighted by Gasteiger charge is -2.11. The lowest BCUT2D eigenvalue weighted by atomic mass is 10.00. The second-order valence-corrected chi connectivity index (χ2v) is 4.90. The summed E-state index contributed by atoms with van der Waals surface area (Å²) < 4.78 is 42.9. The highest BCUT2D eigenvalue weighted by molar-refractivity contribution is 5.85. The molecule has 2 aromatic heterocycles. The summed E-state index contributed by atoms with van der Waals surface area (Å²) in [6.07, 6.45) is -4.16. The molecule has 0 amide bonds. The summed E-state index contributed by atoms with van der Waals surface area (Å²) in [5.74, 6) is 0. The van der Waals surface area contributed by atoms with Gasteiger partial charge in [-0.25, -0.2) is 9.61 Å². The third kappa shape index (κ3) is 2.47. The van der Waals surface area contributed by atoms with Crippen molar-refractivity contribution in [2.75, 3.05) is 5.73 Å². The van der Waals surface area contributed by atoms with Gasteiger partial charge in [0.15, 0.2) is 5.52 Å². The van der Waals surface area contributed by atoms with Gasteiger partial charge in [-0.15, -0.1) is 0 Å². The van der Waals surface area contributed by atoms with Crippen LogP contribution in [0.2, 0.25) is 0 Å². The van der Waals surface area contributed by atoms with E-state index in [1.165, 1.54) is 6.07 Å². The van der Waals surface area contributed by atoms with Crippen molar-refractivity contribution in [2.24, 2.45) is 0 Å². The van der Waals surface area contributed by atoms with Gasteiger partial charge in [0.1, 0.15) is 0 Å². The number of hydrogen-bond acceptors (Lipinski definition) is 5. The first-order valence-electron chi connectivity index (χ1n) is 6.39. The average molecular weight is 308 g/mol. The van der Waals surface area contributed by atoms with Crippen LogP contribution in [0.5, 0.6) is 0 Å². The maximum absolute atomic E-state index is 12.8. The van der Waals surface area contributed by atoms with Crippen LogP contribution in [0.25, 0.3) is 11.2 Å². The number of halogens is 3. The SMILES string of the molecule is Cc1nc2nonc2c(N)c1Cc1cccc(C(F)(F)F)c1. The second-order valence-electron chi connectivity index (χ2n) is 4.90. The van der Waals surface area contributed by atoms with Crippen molar-refractivity contribution >= 4 is 16.9 Å². The predicted molar refractivity (Wildman–Crippen MR) is 73.0 cm³/mol. The van der Waals surface area contributed by atoms with Gasteiger partial charge in [-0.3, -0.25) is 0 Å². The first kappa shape index (κ1) is 14.3. The van der Waals surface area contributed by atoms with Gasteiger partial charge in [-0.1, -0.05) is 18.2 Å². The van der Waals surface area contributed by atoms with Crippen molar-refractivity contribution in [1.29, 1.82) is 0 Å². The Balaban J connectivity index is 2.03. The van der Waals surface area contributed by atoms with Gasteiger partial charge in [-0.2, -0.15) is 13.2 Å². The van der Waals surface area contributed by atoms with Crippen molar-refractivity contribution < 1.29 is 17.8 Å². The fourth-order valence-electron chi connectivity index (χ4n) is 2.28. The van der Waals surface area contributed by atoms with Gasteiger partial charge in [0.25, 0.3) is 0 Å². The minimum atomic E-state index is -4.38. The third-order valence-corrected chi connectivity index (χ3v) is 3.40. The molecule has 2 N–H and O–H groups in total. The fourth-order valence-corrected chi connectivity index (χ4v) is 2.28. The number of rotatable bonds is 2. The summed E-state index contributed by atoms with van der Waals surface area (Å²) in [5, 5.41) is 7.27. The van der Waals surface area contributed by atoms with Gasteiger partial charge in [0, 0.05) is 17.7 Å². The highest BCUT2D eigenvalue weighted by atomic mass is 19.4. The lowest BCUT2D eigenvalue weighted by Crippen LogP contribution is -2.06. The number of nitrogens with two attached hydrogens (primary N) is 1. The first-order chi connectivity index (χ1) is 10.4. The van der Waals surface area contributed by atoms with E-state index >= 15 is 0 Å². The molecule has 0 saturated heterocycles. The largest absolute Gasteiger partial charge is 0.416 e. The molecule has 8 heteroatoms. The number of alkyl halides is 3. The van der Waals surface area contributed by atoms with Crippen LogP contribution in [0.3, 0.4) is 0 Å². The van der Waals surface area contributed by atoms with E-state index in [1.54, 1.807) is 13.0 Å². The zero-order valence-corrected chi connectivity index (χ0v) is 11.5. The highest BCUT2D eigenvalue weighted by Crippen LogP contribution is 2.31. The number of anilines is 1. The Morgan fingerprint density at radius 1 is 1.23 bits per heavy atom. The monoisotopic (exact) mass is 308 g/mol. The summed E-state index contributed by atoms with van der Waals surface area (Å²) in [5.41, 5.74) is 7.91. The first-order valence-corrected chi connectivity index (χ1v) is 6.39. The summed E-state index contributed by atoms with van der Waals surface area (Å²) in [6.45, 7) is 1.72. The van der Waals surface area contributed by atoms with Crippen molar-refractivity contribution in [3.63, 3.8) is 0 Å². The van der Waals surface area contributed by atoms with Gasteiger partial charge in [0.2, 0.25) is 5.65 Å². The molecule has 0 aliphatic heterocycles. The number of aryl methyl sites for hydroxylation is 1. The van der Waals surface area contributed by atoms with Crippen LogP contribution in [-0.4, -0.2) is 15.3 Å². The van der Waals surface area contributed by atoms with E-state index in [-0.39, 0.29) is 12.1 Å². The summed E-state index contributed by atoms with van der Waals surface area (Å²) in [6, 6.07) is 5.11. The molecule has 0 fully saturated rings. The smallest absolute Gasteiger partial charge is 0.396 e. The van der Waals surface area contributed by atoms with E-state index in [1.807, 2.05) is 0 Å². The van der Waals surface area contributed by atoms with E-state index in [0.29, 0.717) is 28.0 Å². The van der Waals surface area contributed by atoms with Crippen LogP contribution in [0.4, 0.5) is 18.9 Å². The molecule has 1 aromatic carbocycles. The molecule has 0 aliphatic rings. The standard InChI is InChI=1S/C14H11F3N4O/c1-7-10(11(18)12-13(19-7)21-22-20-12)6-8-3-2-4-9(5-8)14(15,16)17/h2-5H,6,18H2,1H3. The van der Waals surface area contributed by atoms with E-state index in [4.69, 9.17) is 5.73 Å². The Morgan fingerprint density at radius 2 is 2.00 bits per heavy atom. The van der Waals surface area contributed by atoms with Gasteiger partial charge in [0.05, 0.1) is 11.3 Å². The lowest BCUT2D eigenvalue weighted by molar-refractivity contribution is -0.137. The summed E-state index contributed by atoms with van der Waals surface area (Å²) in [7, 11) is 0. The van der Waals surface area contributed by atoms with E-state index < -0.39 is 11.7 Å². The van der Waals surface area contributed by atoms with Gasteiger partial charge in [-0.05, 0) is 28.9 Å². The van der Waals surface area contributed by atoms with E-state index in [2.05, 4.69) is 19.9 Å². The Bertz CT molecular complexity index is 842. The van der Waals surface area contributed by atoms with Crippen LogP contribution in [0.1, 0.15) is 22.4 Å². The zero-order valence-electron chi connectivity index (χ0n) is 11.5. The van der Waals surface area contributed by atoms with Crippen molar-refractivity contribution in [3.05, 3.63) is 46.6 Å². The molecular weight excluding hydrogens is 297 g/mol. The molecule has 3 rings (SSSR count). The van der Waals surface area contributed by atoms with Crippen molar-refractivity contribution in [1.82, 2.24) is 15.3 Å². The zero-order chi connectivity index (χ0) is 15.9. The Labute approximate surface area is 122 Å². The highest BCUT2D eigenvalue weighted by Gasteiger charge is 2.30. The predicted octanol–water partition coefficient (Wildman–Crippen LogP) is 3.12. The van der Waals surface area contributed by atoms with Crippen molar-refractivity contribution in [3.8, 4) is 0 Å². The Morgan fingerprint density at radius 3 is 2.73 bits per heavy atom. The fraction of sp³-hybridized carbons (Fsp3) is 0.214. The van der Waals surface area contributed by atoms with Gasteiger partial charge < -0.3 is 5.73 Å². The molecule has 3 aromatic rings. The number of nitrogens with zero attached hydrogens (tertiary/aromatic N) is 3. The number of hydrogen-bond donors (Lipinski definition) is 1. The molecule has 114 valence electrons. The normalized spacial score (nSPS) is 12.0. The molecule has 0 bridgehead atoms. The number of benzene rings is 1. The average Bonchev–Trinajstić information content (AvgIpc) is 2.91.